The summed E-state index contributed by atoms with van der Waals surface area (Å²) in [4.78, 5) is 12.2. The van der Waals surface area contributed by atoms with Crippen molar-refractivity contribution in [1.29, 1.82) is 0 Å². The number of ether oxygens (including phenoxy) is 5. The number of methoxy groups -OCH3 is 3. The van der Waals surface area contributed by atoms with Gasteiger partial charge in [0.05, 0.1) is 14.2 Å². The van der Waals surface area contributed by atoms with Crippen molar-refractivity contribution < 1.29 is 28.5 Å². The topological polar surface area (TPSA) is 63.2 Å². The molecule has 36 heavy (non-hydrogen) atoms. The van der Waals surface area contributed by atoms with Gasteiger partial charge in [0.15, 0.2) is 6.79 Å². The lowest BCUT2D eigenvalue weighted by Gasteiger charge is -2.18. The fourth-order valence-corrected chi connectivity index (χ4v) is 4.84. The molecule has 0 unspecified atom stereocenters. The lowest BCUT2D eigenvalue weighted by atomic mass is 9.93. The van der Waals surface area contributed by atoms with Crippen LogP contribution in [0.5, 0.6) is 17.2 Å². The van der Waals surface area contributed by atoms with E-state index in [9.17, 15) is 4.79 Å². The van der Waals surface area contributed by atoms with Gasteiger partial charge in [0.1, 0.15) is 17.2 Å². The molecule has 0 N–H and O–H groups in total. The van der Waals surface area contributed by atoms with Gasteiger partial charge in [-0.25, -0.2) is 4.79 Å². The van der Waals surface area contributed by atoms with Crippen LogP contribution in [-0.2, 0) is 22.3 Å². The highest BCUT2D eigenvalue weighted by atomic mass is 16.7. The molecule has 3 rings (SSSR count). The lowest BCUT2D eigenvalue weighted by molar-refractivity contribution is 0.0501. The molecule has 0 spiro atoms. The van der Waals surface area contributed by atoms with Crippen molar-refractivity contribution >= 4 is 6.16 Å². The molecule has 0 fully saturated rings. The van der Waals surface area contributed by atoms with E-state index in [1.54, 1.807) is 14.2 Å². The Hall–Kier alpha value is -3.51. The third-order valence-electron chi connectivity index (χ3n) is 6.09. The molecular weight excluding hydrogens is 456 g/mol. The van der Waals surface area contributed by atoms with E-state index < -0.39 is 6.16 Å². The first kappa shape index (κ1) is 27.1. The van der Waals surface area contributed by atoms with Crippen LogP contribution >= 0.6 is 0 Å². The van der Waals surface area contributed by atoms with Gasteiger partial charge in [-0.2, -0.15) is 0 Å². The third kappa shape index (κ3) is 6.38. The van der Waals surface area contributed by atoms with E-state index in [0.29, 0.717) is 18.6 Å². The van der Waals surface area contributed by atoms with E-state index in [4.69, 9.17) is 23.7 Å². The smallest absolute Gasteiger partial charge is 0.496 e. The Bertz CT molecular complexity index is 1200. The Morgan fingerprint density at radius 1 is 0.667 bits per heavy atom. The quantitative estimate of drug-likeness (QED) is 0.192. The van der Waals surface area contributed by atoms with Crippen molar-refractivity contribution in [2.75, 3.05) is 28.1 Å². The van der Waals surface area contributed by atoms with Gasteiger partial charge in [0.25, 0.3) is 0 Å². The highest BCUT2D eigenvalue weighted by Gasteiger charge is 2.18. The van der Waals surface area contributed by atoms with Crippen LogP contribution in [0.15, 0.2) is 36.4 Å². The first-order valence-corrected chi connectivity index (χ1v) is 11.9. The summed E-state index contributed by atoms with van der Waals surface area (Å²) < 4.78 is 26.9. The van der Waals surface area contributed by atoms with Crippen LogP contribution in [0.1, 0.15) is 50.1 Å². The van der Waals surface area contributed by atoms with E-state index in [0.717, 1.165) is 61.6 Å². The van der Waals surface area contributed by atoms with E-state index >= 15 is 0 Å². The number of aryl methyl sites for hydroxylation is 5. The maximum absolute atomic E-state index is 12.2. The number of rotatable bonds is 9. The summed E-state index contributed by atoms with van der Waals surface area (Å²) in [6.07, 6.45) is 0.460. The Kier molecular flexibility index (Phi) is 8.99. The van der Waals surface area contributed by atoms with Crippen LogP contribution in [0.4, 0.5) is 4.79 Å². The maximum Gasteiger partial charge on any atom is 0.513 e. The van der Waals surface area contributed by atoms with Crippen molar-refractivity contribution in [3.8, 4) is 17.2 Å². The summed E-state index contributed by atoms with van der Waals surface area (Å²) in [5, 5.41) is 0. The molecule has 6 nitrogen and oxygen atoms in total. The first-order chi connectivity index (χ1) is 17.2. The molecule has 0 aliphatic rings. The number of carbonyl (C=O) groups excluding carboxylic acids is 1. The average molecular weight is 493 g/mol. The Morgan fingerprint density at radius 3 is 1.56 bits per heavy atom. The van der Waals surface area contributed by atoms with Gasteiger partial charge in [-0.05, 0) is 79.1 Å². The van der Waals surface area contributed by atoms with E-state index in [1.165, 1.54) is 7.11 Å². The SMILES string of the molecule is COCOc1c(C)cc(Cc2cc(C)cc(Cc3cc(C)c(OC)c(C)c3)c2OC(=O)OC)cc1C. The summed E-state index contributed by atoms with van der Waals surface area (Å²) in [5.74, 6) is 2.24. The number of hydrogen-bond acceptors (Lipinski definition) is 6. The van der Waals surface area contributed by atoms with Gasteiger partial charge in [0, 0.05) is 20.0 Å². The summed E-state index contributed by atoms with van der Waals surface area (Å²) in [6.45, 7) is 10.4. The zero-order valence-corrected chi connectivity index (χ0v) is 22.5. The third-order valence-corrected chi connectivity index (χ3v) is 6.09. The standard InChI is InChI=1S/C30H36O6/c1-18-9-25(15-23-11-19(2)27(33-7)20(3)12-23)29(36-30(31)34-8)26(10-18)16-24-13-21(4)28(22(5)14-24)35-17-32-6/h9-14H,15-17H2,1-8H3. The second-order valence-corrected chi connectivity index (χ2v) is 9.19. The van der Waals surface area contributed by atoms with Crippen LogP contribution in [0, 0.1) is 34.6 Å². The molecule has 192 valence electrons. The van der Waals surface area contributed by atoms with Crippen molar-refractivity contribution in [1.82, 2.24) is 0 Å². The molecule has 6 heteroatoms. The molecule has 0 saturated heterocycles. The van der Waals surface area contributed by atoms with Gasteiger partial charge in [0.2, 0.25) is 0 Å². The normalized spacial score (nSPS) is 10.8. The van der Waals surface area contributed by atoms with Crippen LogP contribution < -0.4 is 14.2 Å². The molecule has 0 aliphatic heterocycles. The van der Waals surface area contributed by atoms with E-state index in [-0.39, 0.29) is 6.79 Å². The number of carbonyl (C=O) groups is 1. The molecule has 0 bridgehead atoms. The first-order valence-electron chi connectivity index (χ1n) is 11.9. The maximum atomic E-state index is 12.2. The van der Waals surface area contributed by atoms with Gasteiger partial charge in [-0.15, -0.1) is 0 Å². The largest absolute Gasteiger partial charge is 0.513 e. The van der Waals surface area contributed by atoms with E-state index in [1.807, 2.05) is 27.7 Å². The highest BCUT2D eigenvalue weighted by molar-refractivity contribution is 5.66. The Morgan fingerprint density at radius 2 is 1.14 bits per heavy atom. The molecule has 3 aromatic carbocycles. The molecule has 0 aliphatic carbocycles. The summed E-state index contributed by atoms with van der Waals surface area (Å²) in [7, 11) is 4.60. The Labute approximate surface area is 214 Å². The minimum absolute atomic E-state index is 0.198. The fraction of sp³-hybridized carbons (Fsp3) is 0.367. The summed E-state index contributed by atoms with van der Waals surface area (Å²) in [6, 6.07) is 12.5. The van der Waals surface area contributed by atoms with Crippen LogP contribution in [0.25, 0.3) is 0 Å². The molecular formula is C30H36O6. The summed E-state index contributed by atoms with van der Waals surface area (Å²) in [5.41, 5.74) is 9.32. The fourth-order valence-electron chi connectivity index (χ4n) is 4.84. The van der Waals surface area contributed by atoms with E-state index in [2.05, 4.69) is 43.3 Å². The van der Waals surface area contributed by atoms with Crippen LogP contribution in [0.2, 0.25) is 0 Å². The number of hydrogen-bond donors (Lipinski definition) is 0. The van der Waals surface area contributed by atoms with Crippen molar-refractivity contribution in [2.24, 2.45) is 0 Å². The predicted molar refractivity (Wildman–Crippen MR) is 141 cm³/mol. The van der Waals surface area contributed by atoms with Gasteiger partial charge in [-0.3, -0.25) is 0 Å². The molecule has 0 saturated carbocycles. The minimum Gasteiger partial charge on any atom is -0.496 e. The molecule has 0 aromatic heterocycles. The Balaban J connectivity index is 2.04. The lowest BCUT2D eigenvalue weighted by Crippen LogP contribution is -2.12. The summed E-state index contributed by atoms with van der Waals surface area (Å²) >= 11 is 0. The van der Waals surface area contributed by atoms with Gasteiger partial charge >= 0.3 is 6.16 Å². The monoisotopic (exact) mass is 492 g/mol. The van der Waals surface area contributed by atoms with Gasteiger partial charge in [-0.1, -0.05) is 42.0 Å². The van der Waals surface area contributed by atoms with Crippen molar-refractivity contribution in [3.63, 3.8) is 0 Å². The number of benzene rings is 3. The molecule has 0 heterocycles. The molecule has 0 atom stereocenters. The second kappa shape index (κ2) is 12.0. The average Bonchev–Trinajstić information content (AvgIpc) is 2.80. The van der Waals surface area contributed by atoms with Crippen LogP contribution in [-0.4, -0.2) is 34.3 Å². The molecule has 0 amide bonds. The molecule has 3 aromatic rings. The zero-order chi connectivity index (χ0) is 26.4. The second-order valence-electron chi connectivity index (χ2n) is 9.19. The van der Waals surface area contributed by atoms with Crippen LogP contribution in [0.3, 0.4) is 0 Å². The zero-order valence-electron chi connectivity index (χ0n) is 22.5. The minimum atomic E-state index is -0.737. The highest BCUT2D eigenvalue weighted by Crippen LogP contribution is 2.34. The van der Waals surface area contributed by atoms with Gasteiger partial charge < -0.3 is 23.7 Å². The predicted octanol–water partition coefficient (Wildman–Crippen LogP) is 6.55. The van der Waals surface area contributed by atoms with Crippen molar-refractivity contribution in [2.45, 2.75) is 47.5 Å². The van der Waals surface area contributed by atoms with Crippen molar-refractivity contribution in [3.05, 3.63) is 86.5 Å². The molecule has 0 radical (unpaired) electrons.